The van der Waals surface area contributed by atoms with Gasteiger partial charge in [0.1, 0.15) is 29.0 Å². The number of nitrogens with two attached hydrogens (primary N) is 1. The summed E-state index contributed by atoms with van der Waals surface area (Å²) in [6.07, 6.45) is 1.64. The minimum Gasteiger partial charge on any atom is -0.375 e. The van der Waals surface area contributed by atoms with E-state index in [-0.39, 0.29) is 29.8 Å². The molecule has 3 N–H and O–H groups in total. The molecule has 0 saturated heterocycles. The number of rotatable bonds is 5. The van der Waals surface area contributed by atoms with E-state index in [9.17, 15) is 13.6 Å². The number of amides is 1. The molecular weight excluding hydrogens is 374 g/mol. The van der Waals surface area contributed by atoms with Crippen molar-refractivity contribution in [2.45, 2.75) is 13.0 Å². The van der Waals surface area contributed by atoms with Gasteiger partial charge in [-0.05, 0) is 25.1 Å². The van der Waals surface area contributed by atoms with Crippen molar-refractivity contribution < 1.29 is 13.6 Å². The second kappa shape index (κ2) is 7.51. The molecule has 0 aliphatic heterocycles. The number of nitrogens with zero attached hydrogens (tertiary/aromatic N) is 4. The maximum atomic E-state index is 13.8. The van der Waals surface area contributed by atoms with E-state index in [1.807, 2.05) is 6.92 Å². The number of hydrogen-bond donors (Lipinski definition) is 2. The van der Waals surface area contributed by atoms with Gasteiger partial charge in [-0.15, -0.1) is 11.3 Å². The van der Waals surface area contributed by atoms with Crippen LogP contribution < -0.4 is 11.1 Å². The number of thiazole rings is 1. The van der Waals surface area contributed by atoms with E-state index in [0.29, 0.717) is 10.8 Å². The topological polar surface area (TPSA) is 110 Å². The molecule has 0 aliphatic carbocycles. The zero-order valence-electron chi connectivity index (χ0n) is 14.1. The summed E-state index contributed by atoms with van der Waals surface area (Å²) in [5.74, 6) is -2.23. The molecule has 1 atom stereocenters. The molecule has 1 unspecified atom stereocenters. The van der Waals surface area contributed by atoms with Crippen LogP contribution in [0.2, 0.25) is 0 Å². The number of carbonyl (C=O) groups excluding carboxylic acids is 1. The third kappa shape index (κ3) is 3.93. The molecule has 0 saturated carbocycles. The Kier molecular flexibility index (Phi) is 5.14. The quantitative estimate of drug-likeness (QED) is 0.698. The molecule has 2 heterocycles. The highest BCUT2D eigenvalue weighted by atomic mass is 32.1. The first-order valence-electron chi connectivity index (χ1n) is 7.83. The number of hydrogen-bond acceptors (Lipinski definition) is 6. The standard InChI is InChI=1S/C17H14F2N6OS/c1-9(7-22-16(26)15-8-27-17(21)23-15)25-3-2-14(24-25)10-4-12(18)11(6-20)13(19)5-10/h2-5,8-9H,7H2,1H3,(H2,21,23)(H,22,26). The van der Waals surface area contributed by atoms with E-state index in [2.05, 4.69) is 15.4 Å². The van der Waals surface area contributed by atoms with Gasteiger partial charge in [-0.3, -0.25) is 9.48 Å². The summed E-state index contributed by atoms with van der Waals surface area (Å²) in [6.45, 7) is 2.10. The van der Waals surface area contributed by atoms with Crippen molar-refractivity contribution >= 4 is 22.4 Å². The molecule has 0 radical (unpaired) electrons. The zero-order chi connectivity index (χ0) is 19.6. The van der Waals surface area contributed by atoms with Crippen LogP contribution in [0.1, 0.15) is 29.0 Å². The smallest absolute Gasteiger partial charge is 0.270 e. The van der Waals surface area contributed by atoms with Gasteiger partial charge in [0, 0.05) is 23.7 Å². The Morgan fingerprint density at radius 1 is 1.44 bits per heavy atom. The van der Waals surface area contributed by atoms with Crippen molar-refractivity contribution in [1.29, 1.82) is 5.26 Å². The van der Waals surface area contributed by atoms with Gasteiger partial charge < -0.3 is 11.1 Å². The Labute approximate surface area is 157 Å². The van der Waals surface area contributed by atoms with Crippen molar-refractivity contribution in [2.24, 2.45) is 0 Å². The summed E-state index contributed by atoms with van der Waals surface area (Å²) in [7, 11) is 0. The molecule has 2 aromatic heterocycles. The van der Waals surface area contributed by atoms with E-state index in [1.165, 1.54) is 17.4 Å². The number of carbonyl (C=O) groups is 1. The fourth-order valence-electron chi connectivity index (χ4n) is 2.38. The second-order valence-corrected chi connectivity index (χ2v) is 6.63. The molecule has 10 heteroatoms. The van der Waals surface area contributed by atoms with Crippen LogP contribution in [-0.4, -0.2) is 27.2 Å². The van der Waals surface area contributed by atoms with Gasteiger partial charge in [0.05, 0.1) is 11.7 Å². The molecule has 3 aromatic rings. The Morgan fingerprint density at radius 3 is 2.74 bits per heavy atom. The van der Waals surface area contributed by atoms with Gasteiger partial charge in [0.2, 0.25) is 0 Å². The van der Waals surface area contributed by atoms with Gasteiger partial charge in [-0.25, -0.2) is 13.8 Å². The summed E-state index contributed by atoms with van der Waals surface area (Å²) in [5, 5.41) is 17.6. The van der Waals surface area contributed by atoms with Crippen LogP contribution in [-0.2, 0) is 0 Å². The molecule has 0 aliphatic rings. The third-order valence-electron chi connectivity index (χ3n) is 3.82. The van der Waals surface area contributed by atoms with E-state index in [4.69, 9.17) is 11.0 Å². The molecule has 1 aromatic carbocycles. The molecule has 1 amide bonds. The van der Waals surface area contributed by atoms with Crippen LogP contribution in [0, 0.1) is 23.0 Å². The van der Waals surface area contributed by atoms with Gasteiger partial charge in [0.25, 0.3) is 5.91 Å². The average Bonchev–Trinajstić information content (AvgIpc) is 3.28. The Morgan fingerprint density at radius 2 is 2.15 bits per heavy atom. The maximum absolute atomic E-state index is 13.8. The lowest BCUT2D eigenvalue weighted by atomic mass is 10.1. The number of anilines is 1. The van der Waals surface area contributed by atoms with Crippen LogP contribution >= 0.6 is 11.3 Å². The highest BCUT2D eigenvalue weighted by Crippen LogP contribution is 2.23. The first-order chi connectivity index (χ1) is 12.9. The number of aromatic nitrogens is 3. The van der Waals surface area contributed by atoms with Gasteiger partial charge >= 0.3 is 0 Å². The lowest BCUT2D eigenvalue weighted by molar-refractivity contribution is 0.0943. The highest BCUT2D eigenvalue weighted by molar-refractivity contribution is 7.13. The van der Waals surface area contributed by atoms with Crippen LogP contribution in [0.3, 0.4) is 0 Å². The number of nitrogens with one attached hydrogen (secondary N) is 1. The monoisotopic (exact) mass is 388 g/mol. The lowest BCUT2D eigenvalue weighted by Gasteiger charge is -2.12. The van der Waals surface area contributed by atoms with Crippen molar-refractivity contribution in [2.75, 3.05) is 12.3 Å². The van der Waals surface area contributed by atoms with Crippen LogP contribution in [0.4, 0.5) is 13.9 Å². The van der Waals surface area contributed by atoms with Crippen LogP contribution in [0.5, 0.6) is 0 Å². The minimum atomic E-state index is -0.940. The molecule has 0 fully saturated rings. The van der Waals surface area contributed by atoms with E-state index in [0.717, 1.165) is 12.1 Å². The molecule has 138 valence electrons. The van der Waals surface area contributed by atoms with Gasteiger partial charge in [-0.2, -0.15) is 10.4 Å². The number of nitriles is 1. The van der Waals surface area contributed by atoms with E-state index >= 15 is 0 Å². The molecule has 7 nitrogen and oxygen atoms in total. The Balaban J connectivity index is 1.70. The largest absolute Gasteiger partial charge is 0.375 e. The van der Waals surface area contributed by atoms with Crippen molar-refractivity contribution in [3.05, 3.63) is 52.7 Å². The summed E-state index contributed by atoms with van der Waals surface area (Å²) in [6, 6.07) is 4.99. The number of halogens is 2. The summed E-state index contributed by atoms with van der Waals surface area (Å²) >= 11 is 1.18. The number of nitrogen functional groups attached to an aromatic ring is 1. The van der Waals surface area contributed by atoms with Crippen molar-refractivity contribution in [3.8, 4) is 17.3 Å². The normalized spacial score (nSPS) is 11.8. The Hall–Kier alpha value is -3.32. The van der Waals surface area contributed by atoms with Gasteiger partial charge in [-0.1, -0.05) is 0 Å². The fraction of sp³-hybridized carbons (Fsp3) is 0.176. The number of benzene rings is 1. The lowest BCUT2D eigenvalue weighted by Crippen LogP contribution is -2.30. The van der Waals surface area contributed by atoms with E-state index < -0.39 is 17.2 Å². The SMILES string of the molecule is CC(CNC(=O)c1csc(N)n1)n1ccc(-c2cc(F)c(C#N)c(F)c2)n1. The van der Waals surface area contributed by atoms with Gasteiger partial charge in [0.15, 0.2) is 5.13 Å². The predicted molar refractivity (Wildman–Crippen MR) is 95.9 cm³/mol. The molecule has 27 heavy (non-hydrogen) atoms. The predicted octanol–water partition coefficient (Wildman–Crippen LogP) is 2.73. The van der Waals surface area contributed by atoms with Crippen LogP contribution in [0.15, 0.2) is 29.8 Å². The minimum absolute atomic E-state index is 0.216. The third-order valence-corrected chi connectivity index (χ3v) is 4.50. The van der Waals surface area contributed by atoms with Crippen molar-refractivity contribution in [1.82, 2.24) is 20.1 Å². The first-order valence-corrected chi connectivity index (χ1v) is 8.71. The summed E-state index contributed by atoms with van der Waals surface area (Å²) < 4.78 is 29.1. The molecule has 0 spiro atoms. The highest BCUT2D eigenvalue weighted by Gasteiger charge is 2.15. The average molecular weight is 388 g/mol. The maximum Gasteiger partial charge on any atom is 0.270 e. The second-order valence-electron chi connectivity index (χ2n) is 5.74. The van der Waals surface area contributed by atoms with Crippen LogP contribution in [0.25, 0.3) is 11.3 Å². The van der Waals surface area contributed by atoms with E-state index in [1.54, 1.807) is 22.3 Å². The molecular formula is C17H14F2N6OS. The summed E-state index contributed by atoms with van der Waals surface area (Å²) in [5.41, 5.74) is 5.69. The first kappa shape index (κ1) is 18.5. The molecule has 3 rings (SSSR count). The summed E-state index contributed by atoms with van der Waals surface area (Å²) in [4.78, 5) is 15.9. The Bertz CT molecular complexity index is 1020. The fourth-order valence-corrected chi connectivity index (χ4v) is 2.92. The zero-order valence-corrected chi connectivity index (χ0v) is 14.9. The molecule has 0 bridgehead atoms. The van der Waals surface area contributed by atoms with Crippen molar-refractivity contribution in [3.63, 3.8) is 0 Å².